The summed E-state index contributed by atoms with van der Waals surface area (Å²) < 4.78 is 1.91. The number of aromatic amines is 1. The van der Waals surface area contributed by atoms with Crippen LogP contribution in [0.25, 0.3) is 10.9 Å². The fraction of sp³-hybridized carbons (Fsp3) is 0.471. The highest BCUT2D eigenvalue weighted by Gasteiger charge is 2.18. The minimum absolute atomic E-state index is 0.0350. The second kappa shape index (κ2) is 6.66. The van der Waals surface area contributed by atoms with E-state index < -0.39 is 0 Å². The topological polar surface area (TPSA) is 58.1 Å². The molecule has 2 heterocycles. The Bertz CT molecular complexity index is 845. The molecule has 0 spiro atoms. The van der Waals surface area contributed by atoms with E-state index in [0.717, 1.165) is 25.9 Å². The summed E-state index contributed by atoms with van der Waals surface area (Å²) in [5, 5.41) is 0.563. The van der Waals surface area contributed by atoms with Gasteiger partial charge in [-0.2, -0.15) is 0 Å². The summed E-state index contributed by atoms with van der Waals surface area (Å²) in [6.45, 7) is 4.03. The number of nitrogens with zero attached hydrogens (tertiary/aromatic N) is 2. The summed E-state index contributed by atoms with van der Waals surface area (Å²) in [4.78, 5) is 30.1. The molecule has 1 amide bonds. The van der Waals surface area contributed by atoms with Crippen molar-refractivity contribution in [3.05, 3.63) is 38.9 Å². The van der Waals surface area contributed by atoms with Crippen LogP contribution in [0.3, 0.4) is 0 Å². The molecular weight excluding hydrogens is 310 g/mol. The number of likely N-dealkylation sites (tertiary alicyclic amines) is 1. The predicted octanol–water partition coefficient (Wildman–Crippen LogP) is 3.10. The highest BCUT2D eigenvalue weighted by atomic mass is 32.1. The molecule has 0 aliphatic carbocycles. The SMILES string of the molecule is CCn1c(=S)[nH]c2cc(C(=O)N3CCCCCC3)ccc2c1=O. The molecule has 1 saturated heterocycles. The molecule has 1 aliphatic heterocycles. The van der Waals surface area contributed by atoms with Crippen molar-refractivity contribution in [3.63, 3.8) is 0 Å². The van der Waals surface area contributed by atoms with Gasteiger partial charge in [-0.1, -0.05) is 12.8 Å². The third-order valence-electron chi connectivity index (χ3n) is 4.44. The fourth-order valence-electron chi connectivity index (χ4n) is 3.13. The number of benzene rings is 1. The van der Waals surface area contributed by atoms with E-state index >= 15 is 0 Å². The van der Waals surface area contributed by atoms with Crippen LogP contribution in [-0.2, 0) is 6.54 Å². The van der Waals surface area contributed by atoms with Crippen LogP contribution in [0.4, 0.5) is 0 Å². The van der Waals surface area contributed by atoms with Crippen LogP contribution in [0.15, 0.2) is 23.0 Å². The number of H-pyrrole nitrogens is 1. The smallest absolute Gasteiger partial charge is 0.262 e. The first-order chi connectivity index (χ1) is 11.1. The molecule has 0 saturated carbocycles. The zero-order valence-corrected chi connectivity index (χ0v) is 14.1. The fourth-order valence-corrected chi connectivity index (χ4v) is 3.45. The zero-order valence-electron chi connectivity index (χ0n) is 13.3. The Hall–Kier alpha value is -1.95. The molecule has 122 valence electrons. The largest absolute Gasteiger partial charge is 0.339 e. The summed E-state index contributed by atoms with van der Waals surface area (Å²) >= 11 is 5.23. The normalized spacial score (nSPS) is 15.6. The molecular formula is C17H21N3O2S. The maximum Gasteiger partial charge on any atom is 0.262 e. The van der Waals surface area contributed by atoms with E-state index in [1.165, 1.54) is 17.4 Å². The average molecular weight is 331 g/mol. The van der Waals surface area contributed by atoms with Gasteiger partial charge in [0, 0.05) is 25.2 Å². The minimum atomic E-state index is -0.111. The lowest BCUT2D eigenvalue weighted by molar-refractivity contribution is 0.0762. The van der Waals surface area contributed by atoms with E-state index in [1.807, 2.05) is 11.8 Å². The van der Waals surface area contributed by atoms with Gasteiger partial charge in [-0.3, -0.25) is 14.2 Å². The Balaban J connectivity index is 2.01. The van der Waals surface area contributed by atoms with Crippen molar-refractivity contribution in [2.24, 2.45) is 0 Å². The molecule has 0 radical (unpaired) electrons. The summed E-state index contributed by atoms with van der Waals surface area (Å²) in [7, 11) is 0. The quantitative estimate of drug-likeness (QED) is 0.860. The number of hydrogen-bond acceptors (Lipinski definition) is 3. The maximum atomic E-state index is 12.7. The van der Waals surface area contributed by atoms with Crippen LogP contribution >= 0.6 is 12.2 Å². The molecule has 6 heteroatoms. The molecule has 3 rings (SSSR count). The van der Waals surface area contributed by atoms with Gasteiger partial charge in [-0.15, -0.1) is 0 Å². The molecule has 1 fully saturated rings. The van der Waals surface area contributed by atoms with E-state index in [4.69, 9.17) is 12.2 Å². The molecule has 0 unspecified atom stereocenters. The van der Waals surface area contributed by atoms with E-state index in [2.05, 4.69) is 4.98 Å². The first kappa shape index (κ1) is 15.9. The maximum absolute atomic E-state index is 12.7. The lowest BCUT2D eigenvalue weighted by Crippen LogP contribution is -2.32. The molecule has 2 aromatic rings. The Labute approximate surface area is 139 Å². The number of rotatable bonds is 2. The van der Waals surface area contributed by atoms with E-state index in [-0.39, 0.29) is 11.5 Å². The molecule has 1 aliphatic rings. The van der Waals surface area contributed by atoms with Crippen molar-refractivity contribution in [2.45, 2.75) is 39.2 Å². The van der Waals surface area contributed by atoms with Gasteiger partial charge in [0.15, 0.2) is 4.77 Å². The third kappa shape index (κ3) is 3.08. The third-order valence-corrected chi connectivity index (χ3v) is 4.76. The Morgan fingerprint density at radius 1 is 1.22 bits per heavy atom. The van der Waals surface area contributed by atoms with Gasteiger partial charge < -0.3 is 9.88 Å². The molecule has 1 N–H and O–H groups in total. The molecule has 1 aromatic carbocycles. The summed E-state index contributed by atoms with van der Waals surface area (Å²) in [5.74, 6) is 0.0350. The number of amides is 1. The molecule has 23 heavy (non-hydrogen) atoms. The number of carbonyl (C=O) groups is 1. The summed E-state index contributed by atoms with van der Waals surface area (Å²) in [5.41, 5.74) is 1.13. The lowest BCUT2D eigenvalue weighted by atomic mass is 10.1. The number of carbonyl (C=O) groups excluding carboxylic acids is 1. The van der Waals surface area contributed by atoms with Crippen LogP contribution < -0.4 is 5.56 Å². The molecule has 1 aromatic heterocycles. The molecule has 5 nitrogen and oxygen atoms in total. The van der Waals surface area contributed by atoms with Crippen molar-refractivity contribution < 1.29 is 4.79 Å². The van der Waals surface area contributed by atoms with E-state index in [0.29, 0.717) is 27.8 Å². The first-order valence-corrected chi connectivity index (χ1v) is 8.59. The van der Waals surface area contributed by atoms with Crippen LogP contribution in [0.2, 0.25) is 0 Å². The van der Waals surface area contributed by atoms with Crippen molar-refractivity contribution in [2.75, 3.05) is 13.1 Å². The number of nitrogens with one attached hydrogen (secondary N) is 1. The monoisotopic (exact) mass is 331 g/mol. The molecule has 0 bridgehead atoms. The molecule has 0 atom stereocenters. The Morgan fingerprint density at radius 3 is 2.57 bits per heavy atom. The number of hydrogen-bond donors (Lipinski definition) is 1. The van der Waals surface area contributed by atoms with Crippen LogP contribution in [-0.4, -0.2) is 33.4 Å². The van der Waals surface area contributed by atoms with Gasteiger partial charge >= 0.3 is 0 Å². The van der Waals surface area contributed by atoms with Crippen LogP contribution in [0.1, 0.15) is 43.0 Å². The highest BCUT2D eigenvalue weighted by Crippen LogP contribution is 2.16. The standard InChI is InChI=1S/C17H21N3O2S/c1-2-20-16(22)13-8-7-12(11-14(13)18-17(20)23)15(21)19-9-5-3-4-6-10-19/h7-8,11H,2-6,9-10H2,1H3,(H,18,23). The predicted molar refractivity (Wildman–Crippen MR) is 93.4 cm³/mol. The van der Waals surface area contributed by atoms with Gasteiger partial charge in [0.25, 0.3) is 11.5 Å². The van der Waals surface area contributed by atoms with E-state index in [9.17, 15) is 9.59 Å². The second-order valence-electron chi connectivity index (χ2n) is 5.95. The van der Waals surface area contributed by atoms with Crippen LogP contribution in [0, 0.1) is 4.77 Å². The summed E-state index contributed by atoms with van der Waals surface area (Å²) in [6, 6.07) is 5.22. The zero-order chi connectivity index (χ0) is 16.4. The lowest BCUT2D eigenvalue weighted by Gasteiger charge is -2.20. The summed E-state index contributed by atoms with van der Waals surface area (Å²) in [6.07, 6.45) is 4.49. The Kier molecular flexibility index (Phi) is 4.61. The van der Waals surface area contributed by atoms with Crippen LogP contribution in [0.5, 0.6) is 0 Å². The first-order valence-electron chi connectivity index (χ1n) is 8.18. The van der Waals surface area contributed by atoms with Crippen molar-refractivity contribution in [1.29, 1.82) is 0 Å². The van der Waals surface area contributed by atoms with Crippen molar-refractivity contribution in [3.8, 4) is 0 Å². The van der Waals surface area contributed by atoms with Gasteiger partial charge in [0.2, 0.25) is 0 Å². The van der Waals surface area contributed by atoms with Gasteiger partial charge in [-0.25, -0.2) is 0 Å². The Morgan fingerprint density at radius 2 is 1.91 bits per heavy atom. The van der Waals surface area contributed by atoms with Gasteiger partial charge in [0.05, 0.1) is 10.9 Å². The minimum Gasteiger partial charge on any atom is -0.339 e. The van der Waals surface area contributed by atoms with Gasteiger partial charge in [-0.05, 0) is 50.2 Å². The number of aromatic nitrogens is 2. The average Bonchev–Trinajstić information content (AvgIpc) is 2.83. The van der Waals surface area contributed by atoms with Crippen molar-refractivity contribution >= 4 is 29.0 Å². The second-order valence-corrected chi connectivity index (χ2v) is 6.33. The number of fused-ring (bicyclic) bond motifs is 1. The van der Waals surface area contributed by atoms with E-state index in [1.54, 1.807) is 18.2 Å². The highest BCUT2D eigenvalue weighted by molar-refractivity contribution is 7.71. The van der Waals surface area contributed by atoms with Crippen molar-refractivity contribution in [1.82, 2.24) is 14.5 Å². The van der Waals surface area contributed by atoms with Gasteiger partial charge in [0.1, 0.15) is 0 Å².